The van der Waals surface area contributed by atoms with E-state index in [9.17, 15) is 30.7 Å². The van der Waals surface area contributed by atoms with Crippen molar-refractivity contribution in [1.82, 2.24) is 0 Å². The molecule has 13 heteroatoms. The maximum atomic E-state index is 12.1. The number of anilines is 1. The summed E-state index contributed by atoms with van der Waals surface area (Å²) in [5.41, 5.74) is 0.375. The largest absolute Gasteiger partial charge is 1.00 e. The average molecular weight is 428 g/mol. The monoisotopic (exact) mass is 428 g/mol. The van der Waals surface area contributed by atoms with Gasteiger partial charge in [-0.25, -0.2) is 16.8 Å². The average Bonchev–Trinajstić information content (AvgIpc) is 2.82. The number of rotatable bonds is 3. The molecule has 0 bridgehead atoms. The Morgan fingerprint density at radius 1 is 0.963 bits per heavy atom. The molecule has 132 valence electrons. The first kappa shape index (κ1) is 24.7. The molecule has 1 amide bonds. The zero-order valence-corrected chi connectivity index (χ0v) is 20.3. The molecule has 1 heterocycles. The molecule has 0 aliphatic carbocycles. The van der Waals surface area contributed by atoms with Crippen molar-refractivity contribution in [2.45, 2.75) is 23.1 Å². The van der Waals surface area contributed by atoms with Crippen molar-refractivity contribution < 1.29 is 89.9 Å². The maximum Gasteiger partial charge on any atom is 1.00 e. The van der Waals surface area contributed by atoms with E-state index in [-0.39, 0.29) is 82.0 Å². The molecule has 0 saturated heterocycles. The van der Waals surface area contributed by atoms with Gasteiger partial charge in [0, 0.05) is 16.5 Å². The standard InChI is InChI=1S/C14H12N2O7S2.2Na/c1-8-7-13(17)16(15-8)10-5-6-11(24(18,19)20)9-3-2-4-12(14(9)10)25(21,22)23;;/h2-6H,7H2,1H3,(H,18,19,20)(H,21,22,23);;/q;2*+1/p-2. The molecule has 0 spiro atoms. The first-order valence-electron chi connectivity index (χ1n) is 6.85. The summed E-state index contributed by atoms with van der Waals surface area (Å²) in [5.74, 6) is -0.477. The summed E-state index contributed by atoms with van der Waals surface area (Å²) in [6.07, 6.45) is -0.00457. The Bertz CT molecular complexity index is 1160. The van der Waals surface area contributed by atoms with Gasteiger partial charge in [-0.2, -0.15) is 10.1 Å². The second kappa shape index (κ2) is 8.57. The van der Waals surface area contributed by atoms with Gasteiger partial charge in [0.2, 0.25) is 0 Å². The van der Waals surface area contributed by atoms with Crippen LogP contribution in [0.1, 0.15) is 13.3 Å². The Balaban J connectivity index is 0.00000182. The van der Waals surface area contributed by atoms with Gasteiger partial charge in [-0.15, -0.1) is 0 Å². The molecule has 0 atom stereocenters. The fraction of sp³-hybridized carbons (Fsp3) is 0.143. The van der Waals surface area contributed by atoms with E-state index in [1.54, 1.807) is 6.92 Å². The summed E-state index contributed by atoms with van der Waals surface area (Å²) in [4.78, 5) is 10.6. The van der Waals surface area contributed by atoms with E-state index >= 15 is 0 Å². The fourth-order valence-corrected chi connectivity index (χ4v) is 4.06. The fourth-order valence-electron chi connectivity index (χ4n) is 2.68. The quantitative estimate of drug-likeness (QED) is 0.351. The van der Waals surface area contributed by atoms with E-state index in [2.05, 4.69) is 5.10 Å². The van der Waals surface area contributed by atoms with Crippen molar-refractivity contribution in [2.75, 3.05) is 5.01 Å². The molecule has 1 aliphatic heterocycles. The molecule has 1 aliphatic rings. The molecule has 0 N–H and O–H groups in total. The molecule has 0 aromatic heterocycles. The van der Waals surface area contributed by atoms with Crippen LogP contribution in [0.15, 0.2) is 45.2 Å². The van der Waals surface area contributed by atoms with Crippen LogP contribution in [0.5, 0.6) is 0 Å². The van der Waals surface area contributed by atoms with Gasteiger partial charge in [-0.05, 0) is 25.1 Å². The first-order chi connectivity index (χ1) is 11.5. The van der Waals surface area contributed by atoms with Crippen LogP contribution >= 0.6 is 0 Å². The van der Waals surface area contributed by atoms with Crippen molar-refractivity contribution in [3.05, 3.63) is 30.3 Å². The van der Waals surface area contributed by atoms with E-state index in [0.717, 1.165) is 29.3 Å². The third kappa shape index (κ3) is 4.81. The smallest absolute Gasteiger partial charge is 0.744 e. The van der Waals surface area contributed by atoms with Gasteiger partial charge in [0.15, 0.2) is 0 Å². The molecule has 3 rings (SSSR count). The van der Waals surface area contributed by atoms with Crippen LogP contribution in [-0.2, 0) is 25.0 Å². The predicted molar refractivity (Wildman–Crippen MR) is 85.1 cm³/mol. The van der Waals surface area contributed by atoms with Gasteiger partial charge in [-0.3, -0.25) is 4.79 Å². The number of nitrogens with zero attached hydrogens (tertiary/aromatic N) is 2. The molecular formula is C14H10N2Na2O7S2. The van der Waals surface area contributed by atoms with E-state index in [1.807, 2.05) is 0 Å². The van der Waals surface area contributed by atoms with Crippen molar-refractivity contribution in [3.8, 4) is 0 Å². The Kier molecular flexibility index (Phi) is 7.84. The van der Waals surface area contributed by atoms with Crippen LogP contribution in [0.4, 0.5) is 5.69 Å². The van der Waals surface area contributed by atoms with Crippen molar-refractivity contribution in [2.24, 2.45) is 5.10 Å². The number of hydrogen-bond acceptors (Lipinski definition) is 8. The van der Waals surface area contributed by atoms with Gasteiger partial charge in [0.1, 0.15) is 20.2 Å². The number of amides is 1. The maximum absolute atomic E-state index is 12.1. The van der Waals surface area contributed by atoms with E-state index in [1.165, 1.54) is 6.07 Å². The van der Waals surface area contributed by atoms with E-state index in [0.29, 0.717) is 5.71 Å². The number of hydrazone groups is 1. The van der Waals surface area contributed by atoms with Crippen LogP contribution in [-0.4, -0.2) is 37.6 Å². The van der Waals surface area contributed by atoms with Crippen molar-refractivity contribution in [3.63, 3.8) is 0 Å². The van der Waals surface area contributed by atoms with Crippen LogP contribution in [0.3, 0.4) is 0 Å². The third-order valence-electron chi connectivity index (χ3n) is 3.62. The summed E-state index contributed by atoms with van der Waals surface area (Å²) in [5, 5.41) is 4.28. The van der Waals surface area contributed by atoms with Crippen molar-refractivity contribution >= 4 is 48.3 Å². The summed E-state index contributed by atoms with van der Waals surface area (Å²) >= 11 is 0. The van der Waals surface area contributed by atoms with Crippen LogP contribution in [0.2, 0.25) is 0 Å². The Labute approximate surface area is 199 Å². The number of carbonyl (C=O) groups is 1. The van der Waals surface area contributed by atoms with Crippen molar-refractivity contribution in [1.29, 1.82) is 0 Å². The molecule has 0 unspecified atom stereocenters. The summed E-state index contributed by atoms with van der Waals surface area (Å²) in [6, 6.07) is 5.35. The topological polar surface area (TPSA) is 147 Å². The molecular weight excluding hydrogens is 418 g/mol. The zero-order chi connectivity index (χ0) is 18.6. The third-order valence-corrected chi connectivity index (χ3v) is 5.39. The molecule has 2 aromatic carbocycles. The summed E-state index contributed by atoms with van der Waals surface area (Å²) < 4.78 is 69.2. The minimum atomic E-state index is -5.01. The summed E-state index contributed by atoms with van der Waals surface area (Å²) in [6.45, 7) is 1.59. The second-order valence-corrected chi connectivity index (χ2v) is 8.08. The second-order valence-electron chi connectivity index (χ2n) is 5.39. The normalized spacial score (nSPS) is 14.6. The van der Waals surface area contributed by atoms with Crippen LogP contribution in [0, 0.1) is 0 Å². The Morgan fingerprint density at radius 2 is 1.56 bits per heavy atom. The van der Waals surface area contributed by atoms with Gasteiger partial charge >= 0.3 is 59.1 Å². The molecule has 9 nitrogen and oxygen atoms in total. The van der Waals surface area contributed by atoms with E-state index < -0.39 is 35.9 Å². The van der Waals surface area contributed by atoms with E-state index in [4.69, 9.17) is 0 Å². The van der Waals surface area contributed by atoms with Gasteiger partial charge in [0.25, 0.3) is 5.91 Å². The van der Waals surface area contributed by atoms with Gasteiger partial charge in [0.05, 0.1) is 21.9 Å². The molecule has 0 radical (unpaired) electrons. The zero-order valence-electron chi connectivity index (χ0n) is 14.7. The SMILES string of the molecule is CC1=NN(c2ccc(S(=O)(=O)[O-])c3cccc(S(=O)(=O)[O-])c23)C(=O)C1.[Na+].[Na+]. The number of benzene rings is 2. The minimum Gasteiger partial charge on any atom is -0.744 e. The first-order valence-corrected chi connectivity index (χ1v) is 9.66. The Morgan fingerprint density at radius 3 is 2.04 bits per heavy atom. The number of carbonyl (C=O) groups excluding carboxylic acids is 1. The number of fused-ring (bicyclic) bond motifs is 1. The van der Waals surface area contributed by atoms with Gasteiger partial charge < -0.3 is 9.11 Å². The summed E-state index contributed by atoms with van der Waals surface area (Å²) in [7, 11) is -9.95. The number of hydrogen-bond donors (Lipinski definition) is 0. The van der Waals surface area contributed by atoms with Gasteiger partial charge in [-0.1, -0.05) is 12.1 Å². The Hall–Kier alpha value is -0.340. The molecule has 2 aromatic rings. The van der Waals surface area contributed by atoms with Crippen LogP contribution < -0.4 is 64.1 Å². The molecule has 0 fully saturated rings. The van der Waals surface area contributed by atoms with Crippen LogP contribution in [0.25, 0.3) is 10.8 Å². The predicted octanol–water partition coefficient (Wildman–Crippen LogP) is -5.23. The molecule has 0 saturated carbocycles. The molecule has 27 heavy (non-hydrogen) atoms. The minimum absolute atomic E-state index is 0.